The van der Waals surface area contributed by atoms with Gasteiger partial charge < -0.3 is 10.0 Å². The van der Waals surface area contributed by atoms with Crippen molar-refractivity contribution in [2.45, 2.75) is 19.8 Å². The fourth-order valence-corrected chi connectivity index (χ4v) is 2.36. The zero-order valence-corrected chi connectivity index (χ0v) is 11.0. The number of rotatable bonds is 3. The van der Waals surface area contributed by atoms with Gasteiger partial charge in [-0.1, -0.05) is 0 Å². The van der Waals surface area contributed by atoms with Crippen LogP contribution in [0.15, 0.2) is 18.2 Å². The predicted octanol–water partition coefficient (Wildman–Crippen LogP) is 2.43. The molecule has 0 bridgehead atoms. The molecule has 0 aromatic heterocycles. The Hall–Kier alpha value is -2.18. The summed E-state index contributed by atoms with van der Waals surface area (Å²) >= 11 is 0. The largest absolute Gasteiger partial charge is 0.481 e. The fraction of sp³-hybridized carbons (Fsp3) is 0.462. The molecule has 7 heteroatoms. The van der Waals surface area contributed by atoms with E-state index in [0.717, 1.165) is 18.2 Å². The van der Waals surface area contributed by atoms with E-state index >= 15 is 0 Å². The monoisotopic (exact) mass is 282 g/mol. The minimum atomic E-state index is -0.870. The van der Waals surface area contributed by atoms with Crippen LogP contribution in [0, 0.1) is 21.3 Å². The highest BCUT2D eigenvalue weighted by molar-refractivity contribution is 5.75. The van der Waals surface area contributed by atoms with Crippen molar-refractivity contribution in [3.05, 3.63) is 34.1 Å². The molecule has 0 unspecified atom stereocenters. The average molecular weight is 282 g/mol. The lowest BCUT2D eigenvalue weighted by molar-refractivity contribution is -0.384. The maximum Gasteiger partial charge on any atom is 0.309 e. The van der Waals surface area contributed by atoms with Crippen molar-refractivity contribution in [3.63, 3.8) is 0 Å². The van der Waals surface area contributed by atoms with Gasteiger partial charge >= 0.3 is 5.97 Å². The highest BCUT2D eigenvalue weighted by Crippen LogP contribution is 2.36. The molecule has 1 fully saturated rings. The summed E-state index contributed by atoms with van der Waals surface area (Å²) in [7, 11) is 0. The van der Waals surface area contributed by atoms with E-state index in [1.165, 1.54) is 0 Å². The molecule has 0 aliphatic carbocycles. The van der Waals surface area contributed by atoms with Crippen LogP contribution < -0.4 is 4.90 Å². The third-order valence-electron chi connectivity index (χ3n) is 3.86. The first kappa shape index (κ1) is 14.2. The van der Waals surface area contributed by atoms with Crippen LogP contribution in [0.4, 0.5) is 15.8 Å². The summed E-state index contributed by atoms with van der Waals surface area (Å²) in [4.78, 5) is 23.3. The Bertz CT molecular complexity index is 553. The number of aliphatic carboxylic acids is 1. The van der Waals surface area contributed by atoms with Gasteiger partial charge in [0, 0.05) is 25.2 Å². The number of nitro groups is 1. The van der Waals surface area contributed by atoms with Crippen molar-refractivity contribution >= 4 is 17.3 Å². The van der Waals surface area contributed by atoms with Gasteiger partial charge in [0.05, 0.1) is 10.3 Å². The fourth-order valence-electron chi connectivity index (χ4n) is 2.36. The summed E-state index contributed by atoms with van der Waals surface area (Å²) < 4.78 is 13.3. The van der Waals surface area contributed by atoms with Crippen LogP contribution in [-0.2, 0) is 4.79 Å². The lowest BCUT2D eigenvalue weighted by atomic mass is 9.80. The van der Waals surface area contributed by atoms with Crippen molar-refractivity contribution in [2.75, 3.05) is 18.0 Å². The molecule has 1 N–H and O–H groups in total. The molecule has 1 heterocycles. The first-order valence-electron chi connectivity index (χ1n) is 6.26. The highest BCUT2D eigenvalue weighted by atomic mass is 19.1. The number of carboxylic acid groups (broad SMARTS) is 1. The van der Waals surface area contributed by atoms with Gasteiger partial charge in [-0.2, -0.15) is 0 Å². The predicted molar refractivity (Wildman–Crippen MR) is 70.2 cm³/mol. The van der Waals surface area contributed by atoms with Crippen molar-refractivity contribution in [3.8, 4) is 0 Å². The highest BCUT2D eigenvalue weighted by Gasteiger charge is 2.38. The number of halogens is 1. The maximum absolute atomic E-state index is 13.3. The second-order valence-corrected chi connectivity index (χ2v) is 5.24. The number of anilines is 1. The minimum absolute atomic E-state index is 0.162. The van der Waals surface area contributed by atoms with Crippen LogP contribution in [0.5, 0.6) is 0 Å². The Labute approximate surface area is 115 Å². The molecular formula is C13H15FN2O4. The Balaban J connectivity index is 2.25. The van der Waals surface area contributed by atoms with Crippen LogP contribution in [0.1, 0.15) is 19.8 Å². The second-order valence-electron chi connectivity index (χ2n) is 5.24. The summed E-state index contributed by atoms with van der Waals surface area (Å²) in [5.74, 6) is -1.41. The molecule has 0 radical (unpaired) electrons. The molecule has 1 aromatic carbocycles. The first-order valence-corrected chi connectivity index (χ1v) is 6.26. The van der Waals surface area contributed by atoms with Gasteiger partial charge in [0.2, 0.25) is 0 Å². The van der Waals surface area contributed by atoms with Crippen LogP contribution in [0.25, 0.3) is 0 Å². The van der Waals surface area contributed by atoms with Gasteiger partial charge in [-0.3, -0.25) is 14.9 Å². The van der Waals surface area contributed by atoms with Crippen molar-refractivity contribution in [2.24, 2.45) is 5.41 Å². The standard InChI is InChI=1S/C13H15FN2O4/c1-13(12(17)18)4-6-15(7-5-13)11-8-9(14)2-3-10(11)16(19)20/h2-3,8H,4-7H2,1H3,(H,17,18). The van der Waals surface area contributed by atoms with Gasteiger partial charge in [0.1, 0.15) is 11.5 Å². The Morgan fingerprint density at radius 2 is 2.05 bits per heavy atom. The van der Waals surface area contributed by atoms with Gasteiger partial charge in [0.15, 0.2) is 0 Å². The first-order chi connectivity index (χ1) is 9.33. The molecule has 1 aliphatic rings. The number of carbonyl (C=O) groups is 1. The topological polar surface area (TPSA) is 83.7 Å². The molecule has 2 rings (SSSR count). The third kappa shape index (κ3) is 2.56. The Kier molecular flexibility index (Phi) is 3.61. The smallest absolute Gasteiger partial charge is 0.309 e. The van der Waals surface area contributed by atoms with Gasteiger partial charge in [0.25, 0.3) is 5.69 Å². The maximum atomic E-state index is 13.3. The Morgan fingerprint density at radius 3 is 2.55 bits per heavy atom. The molecule has 108 valence electrons. The van der Waals surface area contributed by atoms with Crippen LogP contribution in [0.2, 0.25) is 0 Å². The van der Waals surface area contributed by atoms with Gasteiger partial charge in [-0.15, -0.1) is 0 Å². The van der Waals surface area contributed by atoms with E-state index < -0.39 is 22.1 Å². The molecule has 0 atom stereocenters. The van der Waals surface area contributed by atoms with E-state index in [4.69, 9.17) is 5.11 Å². The van der Waals surface area contributed by atoms with E-state index in [1.54, 1.807) is 11.8 Å². The van der Waals surface area contributed by atoms with E-state index in [1.807, 2.05) is 0 Å². The van der Waals surface area contributed by atoms with Crippen LogP contribution in [-0.4, -0.2) is 29.1 Å². The summed E-state index contributed by atoms with van der Waals surface area (Å²) in [6, 6.07) is 3.31. The minimum Gasteiger partial charge on any atom is -0.481 e. The molecule has 1 aliphatic heterocycles. The summed E-state index contributed by atoms with van der Waals surface area (Å²) in [5.41, 5.74) is -0.772. The number of nitrogens with zero attached hydrogens (tertiary/aromatic N) is 2. The normalized spacial score (nSPS) is 17.8. The van der Waals surface area contributed by atoms with E-state index in [9.17, 15) is 19.3 Å². The number of carboxylic acids is 1. The molecule has 0 saturated carbocycles. The van der Waals surface area contributed by atoms with E-state index in [2.05, 4.69) is 0 Å². The van der Waals surface area contributed by atoms with Crippen molar-refractivity contribution < 1.29 is 19.2 Å². The summed E-state index contributed by atoms with van der Waals surface area (Å²) in [5, 5.41) is 20.1. The number of nitro benzene ring substituents is 1. The zero-order chi connectivity index (χ0) is 14.9. The summed E-state index contributed by atoms with van der Waals surface area (Å²) in [6.07, 6.45) is 0.742. The molecule has 1 aromatic rings. The van der Waals surface area contributed by atoms with Gasteiger partial charge in [-0.25, -0.2) is 4.39 Å². The van der Waals surface area contributed by atoms with Gasteiger partial charge in [-0.05, 0) is 25.8 Å². The molecule has 0 spiro atoms. The zero-order valence-electron chi connectivity index (χ0n) is 11.0. The molecule has 0 amide bonds. The number of benzene rings is 1. The van der Waals surface area contributed by atoms with E-state index in [-0.39, 0.29) is 11.4 Å². The number of piperidine rings is 1. The third-order valence-corrected chi connectivity index (χ3v) is 3.86. The average Bonchev–Trinajstić information content (AvgIpc) is 2.39. The number of hydrogen-bond acceptors (Lipinski definition) is 4. The molecule has 1 saturated heterocycles. The molecule has 20 heavy (non-hydrogen) atoms. The lowest BCUT2D eigenvalue weighted by Gasteiger charge is -2.37. The lowest BCUT2D eigenvalue weighted by Crippen LogP contribution is -2.42. The van der Waals surface area contributed by atoms with E-state index in [0.29, 0.717) is 25.9 Å². The SMILES string of the molecule is CC1(C(=O)O)CCN(c2cc(F)ccc2[N+](=O)[O-])CC1. The second kappa shape index (κ2) is 5.07. The van der Waals surface area contributed by atoms with Crippen molar-refractivity contribution in [1.29, 1.82) is 0 Å². The van der Waals surface area contributed by atoms with Crippen LogP contribution >= 0.6 is 0 Å². The summed E-state index contributed by atoms with van der Waals surface area (Å²) in [6.45, 7) is 2.37. The quantitative estimate of drug-likeness (QED) is 0.680. The number of hydrogen-bond donors (Lipinski definition) is 1. The van der Waals surface area contributed by atoms with Crippen molar-refractivity contribution in [1.82, 2.24) is 0 Å². The molecule has 6 nitrogen and oxygen atoms in total. The molecular weight excluding hydrogens is 267 g/mol. The Morgan fingerprint density at radius 1 is 1.45 bits per heavy atom. The van der Waals surface area contributed by atoms with Crippen LogP contribution in [0.3, 0.4) is 0 Å².